The lowest BCUT2D eigenvalue weighted by atomic mass is 9.96. The molecule has 0 spiro atoms. The molecule has 4 heterocycles. The molecule has 6 rings (SSSR count). The van der Waals surface area contributed by atoms with Gasteiger partial charge in [0.1, 0.15) is 108 Å². The van der Waals surface area contributed by atoms with E-state index in [1.54, 1.807) is 71.9 Å². The monoisotopic (exact) mass is 2130 g/mol. The van der Waals surface area contributed by atoms with Crippen LogP contribution in [0.4, 0.5) is 0 Å². The first kappa shape index (κ1) is 124. The number of aliphatic hydroxyl groups is 3. The molecule has 4 aliphatic heterocycles. The fourth-order valence-corrected chi connectivity index (χ4v) is 17.3. The zero-order valence-corrected chi connectivity index (χ0v) is 86.2. The number of thiol groups is 1. The highest BCUT2D eigenvalue weighted by Gasteiger charge is 2.49. The third kappa shape index (κ3) is 38.7. The van der Waals surface area contributed by atoms with Crippen molar-refractivity contribution in [2.75, 3.05) is 71.4 Å². The van der Waals surface area contributed by atoms with Crippen molar-refractivity contribution in [1.82, 2.24) is 105 Å². The van der Waals surface area contributed by atoms with Gasteiger partial charge in [-0.1, -0.05) is 90.4 Å². The van der Waals surface area contributed by atoms with Crippen molar-refractivity contribution in [2.24, 2.45) is 29.2 Å². The number of amides is 21. The van der Waals surface area contributed by atoms with Crippen LogP contribution in [0.15, 0.2) is 54.6 Å². The molecule has 830 valence electrons. The fourth-order valence-electron chi connectivity index (χ4n) is 17.1. The molecule has 18 atom stereocenters. The van der Waals surface area contributed by atoms with Gasteiger partial charge in [-0.25, -0.2) is 4.79 Å². The number of aromatic hydroxyl groups is 1. The first-order valence-electron chi connectivity index (χ1n) is 49.7. The topological polar surface area (TPSA) is 809 Å². The summed E-state index contributed by atoms with van der Waals surface area (Å²) in [6.07, 6.45) is -2.20. The van der Waals surface area contributed by atoms with Gasteiger partial charge in [0.05, 0.1) is 45.5 Å². The van der Waals surface area contributed by atoms with Crippen LogP contribution in [0.5, 0.6) is 5.75 Å². The number of carboxylic acids is 3. The van der Waals surface area contributed by atoms with Crippen molar-refractivity contribution < 1.29 is 151 Å². The molecule has 4 fully saturated rings. The lowest BCUT2D eigenvalue weighted by molar-refractivity contribution is -0.151. The molecular formula is C96H144N22O31S. The molecule has 54 heteroatoms. The van der Waals surface area contributed by atoms with E-state index in [0.717, 1.165) is 4.90 Å². The zero-order valence-electron chi connectivity index (χ0n) is 85.3. The van der Waals surface area contributed by atoms with Gasteiger partial charge in [-0.3, -0.25) is 110 Å². The lowest BCUT2D eigenvalue weighted by Crippen LogP contribution is -2.64. The Morgan fingerprint density at radius 3 is 1.31 bits per heavy atom. The van der Waals surface area contributed by atoms with Crippen molar-refractivity contribution in [1.29, 1.82) is 0 Å². The summed E-state index contributed by atoms with van der Waals surface area (Å²) in [4.78, 5) is 332. The summed E-state index contributed by atoms with van der Waals surface area (Å²) in [5, 5.41) is 108. The predicted octanol–water partition coefficient (Wildman–Crippen LogP) is -8.33. The van der Waals surface area contributed by atoms with Crippen LogP contribution < -0.4 is 96.5 Å². The minimum Gasteiger partial charge on any atom is -0.508 e. The number of primary amides is 1. The summed E-state index contributed by atoms with van der Waals surface area (Å²) < 4.78 is 0. The van der Waals surface area contributed by atoms with Gasteiger partial charge < -0.3 is 152 Å². The van der Waals surface area contributed by atoms with Gasteiger partial charge in [0, 0.05) is 64.0 Å². The van der Waals surface area contributed by atoms with Crippen LogP contribution in [0.1, 0.15) is 183 Å². The number of nitrogens with one attached hydrogen (secondary N) is 16. The number of hydrogen-bond donors (Lipinski definition) is 26. The minimum atomic E-state index is -1.88. The number of hydrogen-bond acceptors (Lipinski definition) is 30. The highest BCUT2D eigenvalue weighted by atomic mass is 32.1. The standard InChI is InChI=1S/C96H144N22O31S/c1-10-51(6)77(113-85(138)63(40-53-18-12-11-13-19-53)112-95(149)96(8,9)114-87(140)59(28-31-71(98)123)103-78(131)56(97)48-150)90(143)105-58(30-33-76(129)130)81(134)108-62(41-54-24-26-55(122)27-25-54)84(137)107-61(39-50(4)5)83(136)106-60(38-49(2)3)82(135)104-57(29-32-75(127)128)79(132)100-42-72(124)99-44-74(126)115-34-14-20-67(115)88(141)110-65(46-120)86(139)109-64(45-119)80(133)101-43-73(125)102-52(7)91(144)117-36-16-22-69(117)93(146)118-37-17-23-70(118)92(145)116-35-15-21-68(116)89(142)111-66(47-121)94(147)148/h11-13,18-19,24-27,49-52,56-70,77,119-122,150H,10,14-17,20-23,28-48,97H2,1-9H3,(H2,98,123)(H,99,124)(H,100,132)(H,101,133)(H,102,125)(H,103,131)(H,104,135)(H,105,143)(H,106,136)(H,107,137)(H,108,134)(H,109,139)(H,110,141)(H,111,142)(H,112,149)(H,113,138)(H,114,140)(H,127,128)(H,129,130)(H,147,148)/t51-,52-,56-,57-,58-,59-,60-,61-,62-,63-,64-,65-,66-,67-,68-,69-,70-,77-/m0/s1. The van der Waals surface area contributed by atoms with Crippen molar-refractivity contribution >= 4 is 155 Å². The van der Waals surface area contributed by atoms with Crippen LogP contribution in [-0.2, 0) is 128 Å². The largest absolute Gasteiger partial charge is 0.508 e. The average molecular weight is 2130 g/mol. The van der Waals surface area contributed by atoms with Crippen LogP contribution >= 0.6 is 12.6 Å². The van der Waals surface area contributed by atoms with Crippen LogP contribution in [0.3, 0.4) is 0 Å². The number of phenolic OH excluding ortho intramolecular Hbond substituents is 1. The van der Waals surface area contributed by atoms with E-state index in [2.05, 4.69) is 97.7 Å². The Morgan fingerprint density at radius 2 is 0.807 bits per heavy atom. The number of carboxylic acid groups (broad SMARTS) is 3. The minimum absolute atomic E-state index is 0.00914. The second-order valence-corrected chi connectivity index (χ2v) is 39.1. The van der Waals surface area contributed by atoms with E-state index in [4.69, 9.17) is 11.5 Å². The Morgan fingerprint density at radius 1 is 0.413 bits per heavy atom. The average Bonchev–Trinajstić information content (AvgIpc) is 1.63. The molecular weight excluding hydrogens is 1990 g/mol. The summed E-state index contributed by atoms with van der Waals surface area (Å²) in [5.41, 5.74) is 10.1. The molecule has 2 aromatic carbocycles. The summed E-state index contributed by atoms with van der Waals surface area (Å²) in [6, 6.07) is -11.5. The van der Waals surface area contributed by atoms with E-state index in [0.29, 0.717) is 30.4 Å². The smallest absolute Gasteiger partial charge is 0.328 e. The molecule has 0 aliphatic carbocycles. The number of rotatable bonds is 60. The molecule has 21 amide bonds. The molecule has 27 N–H and O–H groups in total. The molecule has 4 aliphatic rings. The molecule has 150 heavy (non-hydrogen) atoms. The van der Waals surface area contributed by atoms with Crippen LogP contribution in [0, 0.1) is 17.8 Å². The van der Waals surface area contributed by atoms with Crippen molar-refractivity contribution in [3.05, 3.63) is 65.7 Å². The number of phenols is 1. The Kier molecular flexibility index (Phi) is 50.1. The normalized spacial score (nSPS) is 18.2. The summed E-state index contributed by atoms with van der Waals surface area (Å²) in [5.74, 6) is -26.0. The van der Waals surface area contributed by atoms with Crippen molar-refractivity contribution in [3.8, 4) is 5.75 Å². The fraction of sp³-hybridized carbons (Fsp3) is 0.625. The second-order valence-electron chi connectivity index (χ2n) is 38.7. The van der Waals surface area contributed by atoms with Crippen LogP contribution in [0.2, 0.25) is 0 Å². The van der Waals surface area contributed by atoms with Gasteiger partial charge in [-0.05, 0) is 145 Å². The number of aliphatic carboxylic acids is 3. The number of carbonyl (C=O) groups is 24. The Hall–Kier alpha value is -14.3. The number of nitrogens with zero attached hydrogens (tertiary/aromatic N) is 4. The van der Waals surface area contributed by atoms with Gasteiger partial charge in [-0.2, -0.15) is 12.6 Å². The van der Waals surface area contributed by atoms with Gasteiger partial charge in [-0.15, -0.1) is 0 Å². The summed E-state index contributed by atoms with van der Waals surface area (Å²) in [7, 11) is 0. The second kappa shape index (κ2) is 60.4. The van der Waals surface area contributed by atoms with Crippen LogP contribution in [-0.4, -0.2) is 377 Å². The highest BCUT2D eigenvalue weighted by molar-refractivity contribution is 7.80. The Labute approximate surface area is 870 Å². The molecule has 0 saturated carbocycles. The van der Waals surface area contributed by atoms with Gasteiger partial charge in [0.2, 0.25) is 124 Å². The van der Waals surface area contributed by atoms with E-state index >= 15 is 0 Å². The Bertz CT molecular complexity index is 5140. The third-order valence-corrected chi connectivity index (χ3v) is 26.0. The molecule has 0 unspecified atom stereocenters. The first-order chi connectivity index (χ1) is 70.8. The van der Waals surface area contributed by atoms with Crippen molar-refractivity contribution in [3.63, 3.8) is 0 Å². The number of likely N-dealkylation sites (tertiary alicyclic amines) is 4. The number of nitrogens with two attached hydrogens (primary N) is 2. The van der Waals surface area contributed by atoms with Gasteiger partial charge >= 0.3 is 17.9 Å². The van der Waals surface area contributed by atoms with Gasteiger partial charge in [0.25, 0.3) is 0 Å². The number of aliphatic hydroxyl groups excluding tert-OH is 3. The van der Waals surface area contributed by atoms with E-state index in [1.165, 1.54) is 59.7 Å². The Balaban J connectivity index is 1.05. The highest BCUT2D eigenvalue weighted by Crippen LogP contribution is 2.30. The molecule has 0 bridgehead atoms. The number of carbonyl (C=O) groups excluding carboxylic acids is 21. The zero-order chi connectivity index (χ0) is 112. The molecule has 53 nitrogen and oxygen atoms in total. The molecule has 0 aromatic heterocycles. The summed E-state index contributed by atoms with van der Waals surface area (Å²) in [6.45, 7) is 8.45. The van der Waals surface area contributed by atoms with Crippen LogP contribution in [0.25, 0.3) is 0 Å². The van der Waals surface area contributed by atoms with E-state index in [-0.39, 0.29) is 108 Å². The first-order valence-corrected chi connectivity index (χ1v) is 50.4. The molecule has 2 aromatic rings. The van der Waals surface area contributed by atoms with E-state index in [9.17, 15) is 151 Å². The SMILES string of the molecule is CC[C@H](C)[C@H](NC(=O)[C@H](Cc1ccccc1)NC(=O)C(C)(C)NC(=O)[C@H](CCC(N)=O)NC(=O)[C@@H](N)CS)C(=O)N[C@@H](CCC(=O)O)C(=O)N[C@@H](Cc1ccc(O)cc1)C(=O)N[C@@H](CC(C)C)C(=O)N[C@@H](CC(C)C)C(=O)N[C@@H](CCC(=O)O)C(=O)NCC(=O)NCC(=O)N1CCC[C@H]1C(=O)N[C@@H](CO)C(=O)N[C@@H](CO)C(=O)NCC(=O)N[C@@H](C)C(=O)N1CCC[C@H]1C(=O)N1CCC[C@H]1C(=O)N1CCC[C@H]1C(=O)N[C@@H](CO)C(=O)O. The molecule has 0 radical (unpaired) electrons. The summed E-state index contributed by atoms with van der Waals surface area (Å²) >= 11 is 4.02. The van der Waals surface area contributed by atoms with E-state index < -0.39 is 340 Å². The maximum Gasteiger partial charge on any atom is 0.328 e. The van der Waals surface area contributed by atoms with Gasteiger partial charge in [0.15, 0.2) is 0 Å². The van der Waals surface area contributed by atoms with Crippen molar-refractivity contribution in [2.45, 2.75) is 293 Å². The quantitative estimate of drug-likeness (QED) is 0.0274. The third-order valence-electron chi connectivity index (χ3n) is 25.6. The van der Waals surface area contributed by atoms with E-state index in [1.807, 2.05) is 0 Å². The predicted molar refractivity (Wildman–Crippen MR) is 532 cm³/mol. The lowest BCUT2D eigenvalue weighted by Gasteiger charge is -2.34. The maximum atomic E-state index is 15.0. The molecule has 4 saturated heterocycles. The maximum absolute atomic E-state index is 15.0. The number of benzene rings is 2.